The molecule has 2 nitrogen and oxygen atoms in total. The van der Waals surface area contributed by atoms with Gasteiger partial charge in [0.05, 0.1) is 0 Å². The molecule has 60 valence electrons. The van der Waals surface area contributed by atoms with E-state index in [9.17, 15) is 0 Å². The van der Waals surface area contributed by atoms with Gasteiger partial charge >= 0.3 is 0 Å². The van der Waals surface area contributed by atoms with Gasteiger partial charge in [0, 0.05) is 17.3 Å². The number of H-pyrrole nitrogens is 1. The maximum Gasteiger partial charge on any atom is 0.0490 e. The Morgan fingerprint density at radius 1 is 1.45 bits per heavy atom. The molecule has 1 aliphatic rings. The van der Waals surface area contributed by atoms with Crippen molar-refractivity contribution in [3.8, 4) is 0 Å². The lowest BCUT2D eigenvalue weighted by Gasteiger charge is -2.20. The van der Waals surface area contributed by atoms with Crippen LogP contribution in [0.4, 0.5) is 0 Å². The summed E-state index contributed by atoms with van der Waals surface area (Å²) in [6, 6.07) is 2.10. The smallest absolute Gasteiger partial charge is 0.0490 e. The van der Waals surface area contributed by atoms with Crippen molar-refractivity contribution in [3.63, 3.8) is 0 Å². The average molecular weight is 150 g/mol. The Bertz CT molecular complexity index is 220. The summed E-state index contributed by atoms with van der Waals surface area (Å²) in [5.41, 5.74) is 1.71. The lowest BCUT2D eigenvalue weighted by atomic mass is 9.85. The molecule has 2 heteroatoms. The van der Waals surface area contributed by atoms with Crippen LogP contribution in [0.25, 0.3) is 0 Å². The lowest BCUT2D eigenvalue weighted by molar-refractivity contribution is 0.475. The Balaban J connectivity index is 2.27. The van der Waals surface area contributed by atoms with Gasteiger partial charge in [0.15, 0.2) is 0 Å². The molecule has 1 heterocycles. The number of nitrogens with one attached hydrogen (secondary N) is 1. The molecule has 1 fully saturated rings. The molecule has 11 heavy (non-hydrogen) atoms. The Morgan fingerprint density at radius 2 is 2.18 bits per heavy atom. The number of aromatic nitrogens is 2. The summed E-state index contributed by atoms with van der Waals surface area (Å²) < 4.78 is 0. The molecule has 0 bridgehead atoms. The fraction of sp³-hybridized carbons (Fsp3) is 0.667. The van der Waals surface area contributed by atoms with Crippen LogP contribution in [0.5, 0.6) is 0 Å². The van der Waals surface area contributed by atoms with E-state index >= 15 is 0 Å². The van der Waals surface area contributed by atoms with Crippen LogP contribution < -0.4 is 0 Å². The third-order valence-corrected chi connectivity index (χ3v) is 2.86. The first-order valence-corrected chi connectivity index (χ1v) is 4.31. The van der Waals surface area contributed by atoms with Crippen LogP contribution in [0.15, 0.2) is 12.3 Å². The predicted octanol–water partition coefficient (Wildman–Crippen LogP) is 2.24. The van der Waals surface area contributed by atoms with Gasteiger partial charge in [0.1, 0.15) is 0 Å². The SMILES string of the molecule is CC1(c2ccn[nH]2)CCCC1. The molecule has 1 aliphatic carbocycles. The molecule has 2 rings (SSSR count). The topological polar surface area (TPSA) is 28.7 Å². The van der Waals surface area contributed by atoms with Crippen molar-refractivity contribution in [1.29, 1.82) is 0 Å². The first-order chi connectivity index (χ1) is 5.31. The van der Waals surface area contributed by atoms with Gasteiger partial charge in [-0.1, -0.05) is 19.8 Å². The van der Waals surface area contributed by atoms with E-state index in [-0.39, 0.29) is 0 Å². The molecule has 0 amide bonds. The standard InChI is InChI=1S/C9H14N2/c1-9(5-2-3-6-9)8-4-7-10-11-8/h4,7H,2-3,5-6H2,1H3,(H,10,11). The monoisotopic (exact) mass is 150 g/mol. The Kier molecular flexibility index (Phi) is 1.48. The van der Waals surface area contributed by atoms with Crippen LogP contribution in [0.2, 0.25) is 0 Å². The highest BCUT2D eigenvalue weighted by Crippen LogP contribution is 2.39. The molecular formula is C9H14N2. The Hall–Kier alpha value is -0.790. The van der Waals surface area contributed by atoms with Gasteiger partial charge in [-0.3, -0.25) is 5.10 Å². The quantitative estimate of drug-likeness (QED) is 0.653. The van der Waals surface area contributed by atoms with Crippen LogP contribution in [0.1, 0.15) is 38.3 Å². The molecule has 0 spiro atoms. The van der Waals surface area contributed by atoms with Gasteiger partial charge in [0.2, 0.25) is 0 Å². The van der Waals surface area contributed by atoms with Crippen molar-refractivity contribution >= 4 is 0 Å². The van der Waals surface area contributed by atoms with Crippen molar-refractivity contribution in [2.24, 2.45) is 0 Å². The second-order valence-corrected chi connectivity index (χ2v) is 3.74. The largest absolute Gasteiger partial charge is 0.282 e. The molecule has 0 atom stereocenters. The van der Waals surface area contributed by atoms with E-state index in [0.717, 1.165) is 0 Å². The fourth-order valence-electron chi connectivity index (χ4n) is 2.02. The first kappa shape index (κ1) is 6.89. The number of nitrogens with zero attached hydrogens (tertiary/aromatic N) is 1. The molecular weight excluding hydrogens is 136 g/mol. The molecule has 0 aliphatic heterocycles. The number of hydrogen-bond donors (Lipinski definition) is 1. The van der Waals surface area contributed by atoms with Crippen molar-refractivity contribution in [1.82, 2.24) is 10.2 Å². The number of aromatic amines is 1. The Labute approximate surface area is 67.0 Å². The summed E-state index contributed by atoms with van der Waals surface area (Å²) in [4.78, 5) is 0. The van der Waals surface area contributed by atoms with E-state index in [1.165, 1.54) is 31.4 Å². The van der Waals surface area contributed by atoms with Crippen LogP contribution in [-0.2, 0) is 5.41 Å². The highest BCUT2D eigenvalue weighted by Gasteiger charge is 2.31. The third-order valence-electron chi connectivity index (χ3n) is 2.86. The van der Waals surface area contributed by atoms with Crippen LogP contribution in [0, 0.1) is 0 Å². The molecule has 1 N–H and O–H groups in total. The normalized spacial score (nSPS) is 22.3. The minimum Gasteiger partial charge on any atom is -0.282 e. The van der Waals surface area contributed by atoms with Crippen molar-refractivity contribution in [3.05, 3.63) is 18.0 Å². The summed E-state index contributed by atoms with van der Waals surface area (Å²) in [5.74, 6) is 0. The molecule has 1 aromatic rings. The second-order valence-electron chi connectivity index (χ2n) is 3.74. The Morgan fingerprint density at radius 3 is 2.73 bits per heavy atom. The van der Waals surface area contributed by atoms with E-state index in [1.54, 1.807) is 0 Å². The zero-order chi connectivity index (χ0) is 7.73. The summed E-state index contributed by atoms with van der Waals surface area (Å²) >= 11 is 0. The van der Waals surface area contributed by atoms with Crippen molar-refractivity contribution in [2.45, 2.75) is 38.0 Å². The van der Waals surface area contributed by atoms with Gasteiger partial charge in [-0.05, 0) is 18.9 Å². The van der Waals surface area contributed by atoms with Gasteiger partial charge < -0.3 is 0 Å². The molecule has 0 radical (unpaired) electrons. The highest BCUT2D eigenvalue weighted by molar-refractivity contribution is 5.14. The zero-order valence-corrected chi connectivity index (χ0v) is 6.93. The number of hydrogen-bond acceptors (Lipinski definition) is 1. The van der Waals surface area contributed by atoms with Gasteiger partial charge in [-0.2, -0.15) is 5.10 Å². The summed E-state index contributed by atoms with van der Waals surface area (Å²) in [5, 5.41) is 7.06. The van der Waals surface area contributed by atoms with Crippen LogP contribution >= 0.6 is 0 Å². The summed E-state index contributed by atoms with van der Waals surface area (Å²) in [6.07, 6.45) is 7.22. The molecule has 0 aromatic carbocycles. The van der Waals surface area contributed by atoms with E-state index in [4.69, 9.17) is 0 Å². The second kappa shape index (κ2) is 2.36. The fourth-order valence-corrected chi connectivity index (χ4v) is 2.02. The van der Waals surface area contributed by atoms with Crippen LogP contribution in [0.3, 0.4) is 0 Å². The molecule has 0 unspecified atom stereocenters. The molecule has 1 saturated carbocycles. The predicted molar refractivity (Wildman–Crippen MR) is 44.4 cm³/mol. The van der Waals surface area contributed by atoms with E-state index in [1.807, 2.05) is 6.20 Å². The minimum atomic E-state index is 0.399. The van der Waals surface area contributed by atoms with Crippen molar-refractivity contribution < 1.29 is 0 Å². The number of rotatable bonds is 1. The third kappa shape index (κ3) is 1.06. The van der Waals surface area contributed by atoms with Crippen molar-refractivity contribution in [2.75, 3.05) is 0 Å². The molecule has 1 aromatic heterocycles. The van der Waals surface area contributed by atoms with Crippen LogP contribution in [-0.4, -0.2) is 10.2 Å². The maximum absolute atomic E-state index is 3.99. The maximum atomic E-state index is 3.99. The van der Waals surface area contributed by atoms with E-state index < -0.39 is 0 Å². The summed E-state index contributed by atoms with van der Waals surface area (Å²) in [6.45, 7) is 2.33. The summed E-state index contributed by atoms with van der Waals surface area (Å²) in [7, 11) is 0. The average Bonchev–Trinajstić information content (AvgIpc) is 2.55. The minimum absolute atomic E-state index is 0.399. The highest BCUT2D eigenvalue weighted by atomic mass is 15.1. The lowest BCUT2D eigenvalue weighted by Crippen LogP contribution is -2.16. The van der Waals surface area contributed by atoms with Gasteiger partial charge in [0.25, 0.3) is 0 Å². The van der Waals surface area contributed by atoms with E-state index in [2.05, 4.69) is 23.2 Å². The van der Waals surface area contributed by atoms with E-state index in [0.29, 0.717) is 5.41 Å². The van der Waals surface area contributed by atoms with Gasteiger partial charge in [-0.25, -0.2) is 0 Å². The zero-order valence-electron chi connectivity index (χ0n) is 6.93. The van der Waals surface area contributed by atoms with Gasteiger partial charge in [-0.15, -0.1) is 0 Å². The first-order valence-electron chi connectivity index (χ1n) is 4.31. The molecule has 0 saturated heterocycles.